The molecule has 0 aliphatic carbocycles. The van der Waals surface area contributed by atoms with Gasteiger partial charge >= 0.3 is 0 Å². The lowest BCUT2D eigenvalue weighted by Crippen LogP contribution is -2.13. The standard InChI is InChI=1S/C23H16Cl2N2O2/c24-19-10-11-20(25)21(13-19)27-23(28)18(14-26)12-17-8-4-5-9-22(17)29-15-16-6-2-1-3-7-16/h1-13H,15H2,(H,27,28)/b18-12+. The Hall–Kier alpha value is -3.26. The summed E-state index contributed by atoms with van der Waals surface area (Å²) in [5, 5.41) is 12.8. The summed E-state index contributed by atoms with van der Waals surface area (Å²) in [6.07, 6.45) is 1.48. The van der Waals surface area contributed by atoms with E-state index in [0.717, 1.165) is 5.56 Å². The van der Waals surface area contributed by atoms with E-state index in [1.807, 2.05) is 48.5 Å². The zero-order valence-electron chi connectivity index (χ0n) is 15.2. The van der Waals surface area contributed by atoms with Crippen molar-refractivity contribution in [1.82, 2.24) is 0 Å². The minimum atomic E-state index is -0.588. The lowest BCUT2D eigenvalue weighted by atomic mass is 10.1. The van der Waals surface area contributed by atoms with Crippen LogP contribution in [-0.4, -0.2) is 5.91 Å². The zero-order valence-corrected chi connectivity index (χ0v) is 16.7. The maximum absolute atomic E-state index is 12.6. The summed E-state index contributed by atoms with van der Waals surface area (Å²) in [6.45, 7) is 0.373. The molecule has 3 rings (SSSR count). The Morgan fingerprint density at radius 1 is 1.03 bits per heavy atom. The van der Waals surface area contributed by atoms with Crippen molar-refractivity contribution in [2.45, 2.75) is 6.61 Å². The normalized spacial score (nSPS) is 10.9. The second kappa shape index (κ2) is 9.79. The van der Waals surface area contributed by atoms with Crippen molar-refractivity contribution in [2.75, 3.05) is 5.32 Å². The van der Waals surface area contributed by atoms with Crippen molar-refractivity contribution in [3.63, 3.8) is 0 Å². The van der Waals surface area contributed by atoms with Crippen molar-refractivity contribution in [3.8, 4) is 11.8 Å². The molecule has 0 spiro atoms. The van der Waals surface area contributed by atoms with Gasteiger partial charge in [-0.05, 0) is 35.9 Å². The Labute approximate surface area is 179 Å². The van der Waals surface area contributed by atoms with Crippen LogP contribution in [0, 0.1) is 11.3 Å². The first-order chi connectivity index (χ1) is 14.1. The SMILES string of the molecule is N#C/C(=C\c1ccccc1OCc1ccccc1)C(=O)Nc1cc(Cl)ccc1Cl. The van der Waals surface area contributed by atoms with E-state index >= 15 is 0 Å². The number of anilines is 1. The zero-order chi connectivity index (χ0) is 20.6. The first-order valence-electron chi connectivity index (χ1n) is 8.71. The summed E-state index contributed by atoms with van der Waals surface area (Å²) in [5.74, 6) is -0.0211. The van der Waals surface area contributed by atoms with E-state index in [1.54, 1.807) is 24.3 Å². The highest BCUT2D eigenvalue weighted by Gasteiger charge is 2.13. The van der Waals surface area contributed by atoms with Gasteiger partial charge in [-0.1, -0.05) is 71.7 Å². The van der Waals surface area contributed by atoms with Crippen LogP contribution in [0.3, 0.4) is 0 Å². The molecule has 0 radical (unpaired) electrons. The third-order valence-electron chi connectivity index (χ3n) is 4.00. The fraction of sp³-hybridized carbons (Fsp3) is 0.0435. The Kier molecular flexibility index (Phi) is 6.91. The number of nitrogens with one attached hydrogen (secondary N) is 1. The highest BCUT2D eigenvalue weighted by molar-refractivity contribution is 6.36. The molecule has 1 N–H and O–H groups in total. The highest BCUT2D eigenvalue weighted by atomic mass is 35.5. The largest absolute Gasteiger partial charge is 0.488 e. The van der Waals surface area contributed by atoms with Crippen LogP contribution in [0.5, 0.6) is 5.75 Å². The summed E-state index contributed by atoms with van der Waals surface area (Å²) < 4.78 is 5.88. The van der Waals surface area contributed by atoms with E-state index in [4.69, 9.17) is 27.9 Å². The number of hydrogen-bond acceptors (Lipinski definition) is 3. The number of rotatable bonds is 6. The first-order valence-corrected chi connectivity index (χ1v) is 9.46. The van der Waals surface area contributed by atoms with E-state index in [9.17, 15) is 10.1 Å². The van der Waals surface area contributed by atoms with Gasteiger partial charge in [-0.3, -0.25) is 4.79 Å². The first kappa shape index (κ1) is 20.5. The molecule has 1 amide bonds. The van der Waals surface area contributed by atoms with Gasteiger partial charge in [0.15, 0.2) is 0 Å². The summed E-state index contributed by atoms with van der Waals surface area (Å²) in [7, 11) is 0. The topological polar surface area (TPSA) is 62.1 Å². The van der Waals surface area contributed by atoms with Crippen LogP contribution in [0.15, 0.2) is 78.4 Å². The van der Waals surface area contributed by atoms with Crippen LogP contribution in [0.25, 0.3) is 6.08 Å². The van der Waals surface area contributed by atoms with Crippen molar-refractivity contribution >= 4 is 40.9 Å². The Balaban J connectivity index is 1.81. The van der Waals surface area contributed by atoms with Crippen LogP contribution in [-0.2, 0) is 11.4 Å². The van der Waals surface area contributed by atoms with Crippen molar-refractivity contribution in [1.29, 1.82) is 5.26 Å². The summed E-state index contributed by atoms with van der Waals surface area (Å²) >= 11 is 12.0. The van der Waals surface area contributed by atoms with Crippen LogP contribution in [0.4, 0.5) is 5.69 Å². The molecule has 0 saturated carbocycles. The minimum Gasteiger partial charge on any atom is -0.488 e. The van der Waals surface area contributed by atoms with Gasteiger partial charge in [-0.15, -0.1) is 0 Å². The molecule has 144 valence electrons. The van der Waals surface area contributed by atoms with Crippen LogP contribution >= 0.6 is 23.2 Å². The van der Waals surface area contributed by atoms with Gasteiger partial charge in [0.05, 0.1) is 10.7 Å². The van der Waals surface area contributed by atoms with Gasteiger partial charge in [-0.2, -0.15) is 5.26 Å². The van der Waals surface area contributed by atoms with E-state index in [2.05, 4.69) is 5.32 Å². The maximum Gasteiger partial charge on any atom is 0.266 e. The number of para-hydroxylation sites is 1. The number of amides is 1. The summed E-state index contributed by atoms with van der Waals surface area (Å²) in [4.78, 5) is 12.6. The second-order valence-corrected chi connectivity index (χ2v) is 6.90. The fourth-order valence-electron chi connectivity index (χ4n) is 2.55. The molecule has 3 aromatic rings. The minimum absolute atomic E-state index is 0.0863. The Morgan fingerprint density at radius 2 is 1.76 bits per heavy atom. The molecule has 0 aliphatic heterocycles. The average molecular weight is 423 g/mol. The van der Waals surface area contributed by atoms with Crippen LogP contribution in [0.1, 0.15) is 11.1 Å². The number of halogens is 2. The number of carbonyl (C=O) groups is 1. The molecule has 29 heavy (non-hydrogen) atoms. The molecule has 0 atom stereocenters. The number of nitrogens with zero attached hydrogens (tertiary/aromatic N) is 1. The summed E-state index contributed by atoms with van der Waals surface area (Å²) in [5.41, 5.74) is 1.88. The fourth-order valence-corrected chi connectivity index (χ4v) is 2.89. The lowest BCUT2D eigenvalue weighted by molar-refractivity contribution is -0.112. The van der Waals surface area contributed by atoms with Crippen LogP contribution in [0.2, 0.25) is 10.0 Å². The molecule has 6 heteroatoms. The van der Waals surface area contributed by atoms with Crippen molar-refractivity contribution in [2.24, 2.45) is 0 Å². The molecule has 0 aromatic heterocycles. The second-order valence-electron chi connectivity index (χ2n) is 6.06. The predicted octanol–water partition coefficient (Wildman–Crippen LogP) is 6.12. The molecule has 0 heterocycles. The molecule has 3 aromatic carbocycles. The van der Waals surface area contributed by atoms with Crippen molar-refractivity contribution in [3.05, 3.63) is 99.5 Å². The van der Waals surface area contributed by atoms with Gasteiger partial charge < -0.3 is 10.1 Å². The number of nitriles is 1. The predicted molar refractivity (Wildman–Crippen MR) is 116 cm³/mol. The molecule has 0 aliphatic rings. The van der Waals surface area contributed by atoms with E-state index < -0.39 is 5.91 Å². The number of carbonyl (C=O) groups excluding carboxylic acids is 1. The smallest absolute Gasteiger partial charge is 0.266 e. The molecule has 0 unspecified atom stereocenters. The molecule has 4 nitrogen and oxygen atoms in total. The van der Waals surface area contributed by atoms with Gasteiger partial charge in [0.1, 0.15) is 24.0 Å². The Morgan fingerprint density at radius 3 is 2.52 bits per heavy atom. The summed E-state index contributed by atoms with van der Waals surface area (Å²) in [6, 6.07) is 23.5. The monoisotopic (exact) mass is 422 g/mol. The van der Waals surface area contributed by atoms with Gasteiger partial charge in [0.25, 0.3) is 5.91 Å². The molecular formula is C23H16Cl2N2O2. The average Bonchev–Trinajstić information content (AvgIpc) is 2.74. The Bertz CT molecular complexity index is 1090. The third-order valence-corrected chi connectivity index (χ3v) is 4.56. The van der Waals surface area contributed by atoms with Crippen LogP contribution < -0.4 is 10.1 Å². The number of ether oxygens (including phenoxy) is 1. The maximum atomic E-state index is 12.6. The number of hydrogen-bond donors (Lipinski definition) is 1. The van der Waals surface area contributed by atoms with E-state index in [0.29, 0.717) is 33.7 Å². The lowest BCUT2D eigenvalue weighted by Gasteiger charge is -2.10. The van der Waals surface area contributed by atoms with Crippen molar-refractivity contribution < 1.29 is 9.53 Å². The molecular weight excluding hydrogens is 407 g/mol. The van der Waals surface area contributed by atoms with Gasteiger partial charge in [-0.25, -0.2) is 0 Å². The molecule has 0 saturated heterocycles. The van der Waals surface area contributed by atoms with Gasteiger partial charge in [0, 0.05) is 10.6 Å². The highest BCUT2D eigenvalue weighted by Crippen LogP contribution is 2.27. The van der Waals surface area contributed by atoms with Gasteiger partial charge in [0.2, 0.25) is 0 Å². The quantitative estimate of drug-likeness (QED) is 0.384. The third kappa shape index (κ3) is 5.61. The molecule has 0 fully saturated rings. The molecule has 0 bridgehead atoms. The number of benzene rings is 3. The van der Waals surface area contributed by atoms with E-state index in [1.165, 1.54) is 12.1 Å². The van der Waals surface area contributed by atoms with E-state index in [-0.39, 0.29) is 5.57 Å².